The highest BCUT2D eigenvalue weighted by atomic mass is 32.2. The van der Waals surface area contributed by atoms with Gasteiger partial charge in [0.25, 0.3) is 0 Å². The first-order chi connectivity index (χ1) is 15.5. The Morgan fingerprint density at radius 3 is 2.38 bits per heavy atom. The molecule has 160 valence electrons. The fraction of sp³-hybridized carbons (Fsp3) is 0.167. The molecule has 2 aromatic heterocycles. The van der Waals surface area contributed by atoms with E-state index < -0.39 is 0 Å². The zero-order valence-corrected chi connectivity index (χ0v) is 18.8. The molecule has 0 bridgehead atoms. The van der Waals surface area contributed by atoms with Crippen molar-refractivity contribution in [2.24, 2.45) is 7.05 Å². The van der Waals surface area contributed by atoms with E-state index in [2.05, 4.69) is 21.6 Å². The van der Waals surface area contributed by atoms with Crippen LogP contribution in [0.5, 0.6) is 0 Å². The van der Waals surface area contributed by atoms with Gasteiger partial charge in [-0.05, 0) is 31.5 Å². The van der Waals surface area contributed by atoms with Gasteiger partial charge in [0, 0.05) is 24.0 Å². The Balaban J connectivity index is 1.54. The van der Waals surface area contributed by atoms with Crippen molar-refractivity contribution in [2.75, 3.05) is 11.1 Å². The summed E-state index contributed by atoms with van der Waals surface area (Å²) in [4.78, 5) is 12.8. The van der Waals surface area contributed by atoms with E-state index in [1.807, 2.05) is 90.7 Å². The molecule has 1 N–H and O–H groups in total. The number of benzene rings is 2. The molecule has 0 spiro atoms. The first-order valence-electron chi connectivity index (χ1n) is 10.1. The van der Waals surface area contributed by atoms with Crippen LogP contribution in [0.3, 0.4) is 0 Å². The molecule has 0 aliphatic heterocycles. The Kier molecular flexibility index (Phi) is 6.10. The molecular formula is C24H22N6OS. The van der Waals surface area contributed by atoms with Crippen LogP contribution in [0.15, 0.2) is 65.8 Å². The quantitative estimate of drug-likeness (QED) is 0.445. The van der Waals surface area contributed by atoms with Crippen molar-refractivity contribution in [3.8, 4) is 23.1 Å². The van der Waals surface area contributed by atoms with Crippen LogP contribution in [-0.4, -0.2) is 31.0 Å². The van der Waals surface area contributed by atoms with Crippen LogP contribution in [0.4, 0.5) is 5.82 Å². The summed E-state index contributed by atoms with van der Waals surface area (Å²) in [6.07, 6.45) is 0. The highest BCUT2D eigenvalue weighted by Gasteiger charge is 2.21. The van der Waals surface area contributed by atoms with Gasteiger partial charge in [-0.15, -0.1) is 10.2 Å². The Labute approximate surface area is 190 Å². The number of aromatic nitrogens is 4. The van der Waals surface area contributed by atoms with Gasteiger partial charge in [-0.1, -0.05) is 60.3 Å². The Bertz CT molecular complexity index is 1300. The van der Waals surface area contributed by atoms with Crippen LogP contribution in [-0.2, 0) is 11.8 Å². The zero-order chi connectivity index (χ0) is 22.7. The number of rotatable bonds is 6. The summed E-state index contributed by atoms with van der Waals surface area (Å²) in [5, 5.41) is 21.8. The summed E-state index contributed by atoms with van der Waals surface area (Å²) in [5.74, 6) is 1.15. The minimum atomic E-state index is -0.217. The van der Waals surface area contributed by atoms with E-state index in [0.29, 0.717) is 16.5 Å². The molecule has 8 heteroatoms. The fourth-order valence-corrected chi connectivity index (χ4v) is 4.25. The highest BCUT2D eigenvalue weighted by molar-refractivity contribution is 7.99. The van der Waals surface area contributed by atoms with Crippen molar-refractivity contribution in [1.82, 2.24) is 19.3 Å². The van der Waals surface area contributed by atoms with Gasteiger partial charge in [0.1, 0.15) is 11.9 Å². The molecule has 0 atom stereocenters. The van der Waals surface area contributed by atoms with Crippen LogP contribution in [0, 0.1) is 25.2 Å². The second kappa shape index (κ2) is 9.12. The third-order valence-corrected chi connectivity index (χ3v) is 6.32. The van der Waals surface area contributed by atoms with Gasteiger partial charge in [-0.2, -0.15) is 5.26 Å². The number of carbonyl (C=O) groups excluding carboxylic acids is 1. The summed E-state index contributed by atoms with van der Waals surface area (Å²) in [6.45, 7) is 3.83. The van der Waals surface area contributed by atoms with Crippen molar-refractivity contribution < 1.29 is 4.79 Å². The van der Waals surface area contributed by atoms with Crippen LogP contribution in [0.2, 0.25) is 0 Å². The number of anilines is 1. The number of nitrogens with one attached hydrogen (secondary N) is 1. The van der Waals surface area contributed by atoms with Gasteiger partial charge < -0.3 is 9.88 Å². The summed E-state index contributed by atoms with van der Waals surface area (Å²) in [6, 6.07) is 21.7. The molecule has 7 nitrogen and oxygen atoms in total. The Morgan fingerprint density at radius 2 is 1.72 bits per heavy atom. The molecular weight excluding hydrogens is 420 g/mol. The minimum Gasteiger partial charge on any atom is -0.310 e. The average Bonchev–Trinajstić information content (AvgIpc) is 3.30. The Hall–Kier alpha value is -3.83. The van der Waals surface area contributed by atoms with Crippen molar-refractivity contribution in [1.29, 1.82) is 5.26 Å². The number of carbonyl (C=O) groups is 1. The van der Waals surface area contributed by atoms with E-state index in [1.165, 1.54) is 11.8 Å². The van der Waals surface area contributed by atoms with Gasteiger partial charge in [0.15, 0.2) is 11.0 Å². The van der Waals surface area contributed by atoms with Crippen LogP contribution in [0.1, 0.15) is 16.8 Å². The third kappa shape index (κ3) is 4.03. The predicted octanol–water partition coefficient (Wildman–Crippen LogP) is 4.49. The zero-order valence-electron chi connectivity index (χ0n) is 18.0. The molecule has 0 saturated heterocycles. The average molecular weight is 443 g/mol. The van der Waals surface area contributed by atoms with Crippen molar-refractivity contribution in [2.45, 2.75) is 19.0 Å². The van der Waals surface area contributed by atoms with Crippen LogP contribution < -0.4 is 5.32 Å². The van der Waals surface area contributed by atoms with E-state index in [4.69, 9.17) is 0 Å². The molecule has 4 aromatic rings. The standard InChI is InChI=1S/C24H22N6OS/c1-16-17(2)30(19-12-8-5-9-13-19)23(20(16)14-25)26-21(31)15-32-24-28-27-22(29(24)3)18-10-6-4-7-11-18/h4-13H,15H2,1-3H3,(H,26,31). The molecule has 2 aromatic carbocycles. The van der Waals surface area contributed by atoms with Crippen molar-refractivity contribution >= 4 is 23.5 Å². The smallest absolute Gasteiger partial charge is 0.236 e. The topological polar surface area (TPSA) is 88.5 Å². The van der Waals surface area contributed by atoms with Crippen LogP contribution in [0.25, 0.3) is 17.1 Å². The molecule has 0 aliphatic carbocycles. The lowest BCUT2D eigenvalue weighted by Gasteiger charge is -2.13. The van der Waals surface area contributed by atoms with Crippen LogP contribution >= 0.6 is 11.8 Å². The number of thioether (sulfide) groups is 1. The summed E-state index contributed by atoms with van der Waals surface area (Å²) in [7, 11) is 1.88. The second-order valence-corrected chi connectivity index (χ2v) is 8.23. The molecule has 2 heterocycles. The SMILES string of the molecule is Cc1c(C#N)c(NC(=O)CSc2nnc(-c3ccccc3)n2C)n(-c2ccccc2)c1C. The summed E-state index contributed by atoms with van der Waals surface area (Å²) < 4.78 is 3.78. The minimum absolute atomic E-state index is 0.143. The summed E-state index contributed by atoms with van der Waals surface area (Å²) in [5.41, 5.74) is 4.08. The van der Waals surface area contributed by atoms with E-state index in [0.717, 1.165) is 28.3 Å². The summed E-state index contributed by atoms with van der Waals surface area (Å²) >= 11 is 1.30. The van der Waals surface area contributed by atoms with Gasteiger partial charge >= 0.3 is 0 Å². The molecule has 32 heavy (non-hydrogen) atoms. The molecule has 0 radical (unpaired) electrons. The predicted molar refractivity (Wildman–Crippen MR) is 126 cm³/mol. The lowest BCUT2D eigenvalue weighted by molar-refractivity contribution is -0.113. The fourth-order valence-electron chi connectivity index (χ4n) is 3.54. The first-order valence-corrected chi connectivity index (χ1v) is 11.0. The largest absolute Gasteiger partial charge is 0.310 e. The number of nitrogens with zero attached hydrogens (tertiary/aromatic N) is 5. The highest BCUT2D eigenvalue weighted by Crippen LogP contribution is 2.30. The monoisotopic (exact) mass is 442 g/mol. The molecule has 0 aliphatic rings. The van der Waals surface area contributed by atoms with Crippen molar-refractivity contribution in [3.05, 3.63) is 77.5 Å². The van der Waals surface area contributed by atoms with E-state index in [-0.39, 0.29) is 11.7 Å². The van der Waals surface area contributed by atoms with Gasteiger partial charge in [0.2, 0.25) is 5.91 Å². The van der Waals surface area contributed by atoms with E-state index in [9.17, 15) is 10.1 Å². The Morgan fingerprint density at radius 1 is 1.06 bits per heavy atom. The number of para-hydroxylation sites is 1. The lowest BCUT2D eigenvalue weighted by Crippen LogP contribution is -2.18. The normalized spacial score (nSPS) is 10.7. The number of nitriles is 1. The third-order valence-electron chi connectivity index (χ3n) is 5.30. The second-order valence-electron chi connectivity index (χ2n) is 7.28. The molecule has 0 unspecified atom stereocenters. The first kappa shape index (κ1) is 21.4. The maximum atomic E-state index is 12.8. The number of hydrogen-bond donors (Lipinski definition) is 1. The molecule has 4 rings (SSSR count). The van der Waals surface area contributed by atoms with Gasteiger partial charge in [0.05, 0.1) is 11.3 Å². The van der Waals surface area contributed by atoms with Gasteiger partial charge in [-0.3, -0.25) is 9.36 Å². The number of hydrogen-bond acceptors (Lipinski definition) is 5. The maximum Gasteiger partial charge on any atom is 0.236 e. The lowest BCUT2D eigenvalue weighted by atomic mass is 10.2. The van der Waals surface area contributed by atoms with E-state index >= 15 is 0 Å². The molecule has 0 fully saturated rings. The molecule has 0 saturated carbocycles. The van der Waals surface area contributed by atoms with Gasteiger partial charge in [-0.25, -0.2) is 0 Å². The maximum absolute atomic E-state index is 12.8. The molecule has 1 amide bonds. The van der Waals surface area contributed by atoms with Crippen molar-refractivity contribution in [3.63, 3.8) is 0 Å². The number of amides is 1. The van der Waals surface area contributed by atoms with E-state index in [1.54, 1.807) is 0 Å².